The topological polar surface area (TPSA) is 48.7 Å². The van der Waals surface area contributed by atoms with E-state index in [-0.39, 0.29) is 0 Å². The molecule has 1 atom stereocenters. The van der Waals surface area contributed by atoms with Gasteiger partial charge in [0.1, 0.15) is 0 Å². The minimum Gasteiger partial charge on any atom is -0.314 e. The Morgan fingerprint density at radius 1 is 1.14 bits per heavy atom. The molecule has 6 nitrogen and oxygen atoms in total. The molecule has 0 saturated carbocycles. The van der Waals surface area contributed by atoms with Crippen LogP contribution in [0.1, 0.15) is 31.0 Å². The number of hydrazine groups is 1. The van der Waals surface area contributed by atoms with Crippen LogP contribution in [0, 0.1) is 0 Å². The van der Waals surface area contributed by atoms with Crippen molar-refractivity contribution in [3.8, 4) is 0 Å². The molecule has 2 aromatic heterocycles. The zero-order valence-electron chi connectivity index (χ0n) is 12.3. The lowest BCUT2D eigenvalue weighted by Gasteiger charge is -2.44. The average molecular weight is 286 g/mol. The maximum atomic E-state index is 4.75. The highest BCUT2D eigenvalue weighted by molar-refractivity contribution is 5.39. The fourth-order valence-corrected chi connectivity index (χ4v) is 3.48. The fourth-order valence-electron chi connectivity index (χ4n) is 3.48. The lowest BCUT2D eigenvalue weighted by atomic mass is 10.0. The van der Waals surface area contributed by atoms with Crippen molar-refractivity contribution in [3.05, 3.63) is 30.2 Å². The van der Waals surface area contributed by atoms with Gasteiger partial charge in [-0.15, -0.1) is 0 Å². The smallest absolute Gasteiger partial charge is 0.155 e. The van der Waals surface area contributed by atoms with Gasteiger partial charge in [-0.1, -0.05) is 6.42 Å². The summed E-state index contributed by atoms with van der Waals surface area (Å²) < 4.78 is 1.89. The number of fused-ring (bicyclic) bond motifs is 1. The van der Waals surface area contributed by atoms with Gasteiger partial charge in [-0.25, -0.2) is 19.5 Å². The van der Waals surface area contributed by atoms with Crippen LogP contribution in [0.3, 0.4) is 0 Å². The highest BCUT2D eigenvalue weighted by Crippen LogP contribution is 2.31. The Morgan fingerprint density at radius 3 is 2.90 bits per heavy atom. The predicted molar refractivity (Wildman–Crippen MR) is 80.7 cm³/mol. The second-order valence-electron chi connectivity index (χ2n) is 5.87. The van der Waals surface area contributed by atoms with Crippen molar-refractivity contribution < 1.29 is 0 Å². The molecule has 2 saturated heterocycles. The Labute approximate surface area is 124 Å². The minimum atomic E-state index is 0.401. The van der Waals surface area contributed by atoms with Crippen LogP contribution in [-0.4, -0.2) is 57.3 Å². The molecule has 0 aliphatic carbocycles. The lowest BCUT2D eigenvalue weighted by molar-refractivity contribution is -0.0873. The number of nitrogens with zero attached hydrogens (tertiary/aromatic N) is 5. The van der Waals surface area contributed by atoms with E-state index >= 15 is 0 Å². The first-order chi connectivity index (χ1) is 10.4. The standard InChI is InChI=1S/C15H22N6/c1-2-9-21(19-10-6-16-7-11-19)14(4-1)13-12-15-17-5-3-8-20(15)18-13/h3,5,8,12,14,16H,1-2,4,6-7,9-11H2. The molecule has 0 radical (unpaired) electrons. The SMILES string of the molecule is c1cnc2cc(C3CCCCN3N3CCNCC3)nn2c1. The number of aromatic nitrogens is 3. The molecule has 21 heavy (non-hydrogen) atoms. The molecule has 0 bridgehead atoms. The normalized spacial score (nSPS) is 25.4. The molecule has 0 amide bonds. The van der Waals surface area contributed by atoms with E-state index in [1.807, 2.05) is 23.0 Å². The average Bonchev–Trinajstić information content (AvgIpc) is 2.99. The van der Waals surface area contributed by atoms with Gasteiger partial charge < -0.3 is 5.32 Å². The van der Waals surface area contributed by atoms with E-state index < -0.39 is 0 Å². The quantitative estimate of drug-likeness (QED) is 0.895. The monoisotopic (exact) mass is 286 g/mol. The summed E-state index contributed by atoms with van der Waals surface area (Å²) in [5.74, 6) is 0. The number of hydrogen-bond donors (Lipinski definition) is 1. The first-order valence-electron chi connectivity index (χ1n) is 7.94. The molecule has 2 aliphatic rings. The van der Waals surface area contributed by atoms with E-state index in [0.29, 0.717) is 6.04 Å². The van der Waals surface area contributed by atoms with E-state index in [1.54, 1.807) is 0 Å². The van der Waals surface area contributed by atoms with Crippen molar-refractivity contribution in [1.29, 1.82) is 0 Å². The lowest BCUT2D eigenvalue weighted by Crippen LogP contribution is -2.54. The maximum absolute atomic E-state index is 4.75. The molecule has 4 rings (SSSR count). The maximum Gasteiger partial charge on any atom is 0.155 e. The number of piperazine rings is 1. The number of nitrogens with one attached hydrogen (secondary N) is 1. The predicted octanol–water partition coefficient (Wildman–Crippen LogP) is 1.08. The van der Waals surface area contributed by atoms with Gasteiger partial charge >= 0.3 is 0 Å². The van der Waals surface area contributed by atoms with Crippen LogP contribution in [0.25, 0.3) is 5.65 Å². The van der Waals surface area contributed by atoms with Crippen LogP contribution >= 0.6 is 0 Å². The number of piperidine rings is 1. The molecule has 1 unspecified atom stereocenters. The molecule has 0 spiro atoms. The Kier molecular flexibility index (Phi) is 3.58. The van der Waals surface area contributed by atoms with Gasteiger partial charge in [0.2, 0.25) is 0 Å². The summed E-state index contributed by atoms with van der Waals surface area (Å²) in [7, 11) is 0. The van der Waals surface area contributed by atoms with Gasteiger partial charge in [-0.05, 0) is 18.9 Å². The summed E-state index contributed by atoms with van der Waals surface area (Å²) in [6, 6.07) is 4.47. The van der Waals surface area contributed by atoms with Crippen molar-refractivity contribution in [2.45, 2.75) is 25.3 Å². The summed E-state index contributed by atoms with van der Waals surface area (Å²) in [5.41, 5.74) is 2.10. The van der Waals surface area contributed by atoms with Crippen molar-refractivity contribution in [1.82, 2.24) is 29.9 Å². The summed E-state index contributed by atoms with van der Waals surface area (Å²) >= 11 is 0. The Balaban J connectivity index is 1.63. The Hall–Kier alpha value is -1.50. The zero-order chi connectivity index (χ0) is 14.1. The molecule has 0 aromatic carbocycles. The van der Waals surface area contributed by atoms with E-state index in [2.05, 4.69) is 26.4 Å². The van der Waals surface area contributed by atoms with Crippen molar-refractivity contribution in [3.63, 3.8) is 0 Å². The fraction of sp³-hybridized carbons (Fsp3) is 0.600. The van der Waals surface area contributed by atoms with Crippen LogP contribution in [0.2, 0.25) is 0 Å². The molecule has 6 heteroatoms. The van der Waals surface area contributed by atoms with Crippen LogP contribution < -0.4 is 5.32 Å². The molecule has 4 heterocycles. The number of rotatable bonds is 2. The molecule has 2 aromatic rings. The van der Waals surface area contributed by atoms with Crippen LogP contribution in [0.4, 0.5) is 0 Å². The van der Waals surface area contributed by atoms with Gasteiger partial charge in [0.15, 0.2) is 5.65 Å². The summed E-state index contributed by atoms with van der Waals surface area (Å²) in [5, 5.41) is 13.2. The third kappa shape index (κ3) is 2.54. The molecule has 112 valence electrons. The molecule has 2 aliphatic heterocycles. The second kappa shape index (κ2) is 5.71. The van der Waals surface area contributed by atoms with Gasteiger partial charge in [-0.3, -0.25) is 0 Å². The van der Waals surface area contributed by atoms with Gasteiger partial charge in [-0.2, -0.15) is 5.10 Å². The summed E-state index contributed by atoms with van der Waals surface area (Å²) in [6.45, 7) is 5.50. The number of hydrogen-bond acceptors (Lipinski definition) is 5. The van der Waals surface area contributed by atoms with E-state index in [4.69, 9.17) is 5.10 Å². The molecule has 1 N–H and O–H groups in total. The first-order valence-corrected chi connectivity index (χ1v) is 7.94. The van der Waals surface area contributed by atoms with E-state index in [0.717, 1.165) is 44.1 Å². The van der Waals surface area contributed by atoms with E-state index in [1.165, 1.54) is 19.3 Å². The van der Waals surface area contributed by atoms with Gasteiger partial charge in [0.25, 0.3) is 0 Å². The summed E-state index contributed by atoms with van der Waals surface area (Å²) in [4.78, 5) is 4.39. The van der Waals surface area contributed by atoms with E-state index in [9.17, 15) is 0 Å². The third-order valence-electron chi connectivity index (χ3n) is 4.53. The third-order valence-corrected chi connectivity index (χ3v) is 4.53. The van der Waals surface area contributed by atoms with Crippen LogP contribution in [0.15, 0.2) is 24.5 Å². The van der Waals surface area contributed by atoms with Crippen molar-refractivity contribution >= 4 is 5.65 Å². The zero-order valence-corrected chi connectivity index (χ0v) is 12.3. The Bertz CT molecular complexity index is 570. The molecular formula is C15H22N6. The van der Waals surface area contributed by atoms with Gasteiger partial charge in [0, 0.05) is 51.2 Å². The summed E-state index contributed by atoms with van der Waals surface area (Å²) in [6.07, 6.45) is 7.56. The second-order valence-corrected chi connectivity index (χ2v) is 5.87. The van der Waals surface area contributed by atoms with Gasteiger partial charge in [0.05, 0.1) is 11.7 Å². The highest BCUT2D eigenvalue weighted by Gasteiger charge is 2.31. The Morgan fingerprint density at radius 2 is 2.05 bits per heavy atom. The van der Waals surface area contributed by atoms with Crippen LogP contribution in [0.5, 0.6) is 0 Å². The molecular weight excluding hydrogens is 264 g/mol. The highest BCUT2D eigenvalue weighted by atomic mass is 15.6. The van der Waals surface area contributed by atoms with Crippen molar-refractivity contribution in [2.75, 3.05) is 32.7 Å². The van der Waals surface area contributed by atoms with Crippen molar-refractivity contribution in [2.24, 2.45) is 0 Å². The first kappa shape index (κ1) is 13.2. The minimum absolute atomic E-state index is 0.401. The van der Waals surface area contributed by atoms with Crippen LogP contribution in [-0.2, 0) is 0 Å². The largest absolute Gasteiger partial charge is 0.314 e. The molecule has 2 fully saturated rings.